The molecule has 5 rings (SSSR count). The number of piperazine rings is 1. The minimum atomic E-state index is -0.118. The first-order valence-corrected chi connectivity index (χ1v) is 12.8. The number of hydrogen-bond acceptors (Lipinski definition) is 7. The molecule has 1 aliphatic rings. The van der Waals surface area contributed by atoms with E-state index < -0.39 is 0 Å². The summed E-state index contributed by atoms with van der Waals surface area (Å²) in [6.45, 7) is 13.2. The molecule has 0 bridgehead atoms. The van der Waals surface area contributed by atoms with Gasteiger partial charge in [0.05, 0.1) is 11.6 Å². The van der Waals surface area contributed by atoms with Crippen LogP contribution in [0.5, 0.6) is 0 Å². The number of imidazole rings is 1. The van der Waals surface area contributed by atoms with Crippen molar-refractivity contribution in [3.05, 3.63) is 65.2 Å². The van der Waals surface area contributed by atoms with Crippen molar-refractivity contribution in [3.63, 3.8) is 0 Å². The van der Waals surface area contributed by atoms with E-state index in [1.807, 2.05) is 22.7 Å². The van der Waals surface area contributed by atoms with Crippen LogP contribution in [0.1, 0.15) is 37.5 Å². The molecule has 0 atom stereocenters. The van der Waals surface area contributed by atoms with Gasteiger partial charge in [-0.15, -0.1) is 5.10 Å². The summed E-state index contributed by atoms with van der Waals surface area (Å²) in [5.74, 6) is 0.941. The summed E-state index contributed by atoms with van der Waals surface area (Å²) < 4.78 is 1.97. The molecule has 8 heteroatoms. The highest BCUT2D eigenvalue weighted by atomic mass is 32.1. The second-order valence-electron chi connectivity index (χ2n) is 10.2. The molecule has 0 radical (unpaired) electrons. The van der Waals surface area contributed by atoms with Crippen LogP contribution in [-0.4, -0.2) is 51.2 Å². The minimum absolute atomic E-state index is 0.118. The fourth-order valence-corrected chi connectivity index (χ4v) is 5.37. The fourth-order valence-electron chi connectivity index (χ4n) is 4.42. The van der Waals surface area contributed by atoms with Gasteiger partial charge in [-0.2, -0.15) is 9.78 Å². The van der Waals surface area contributed by atoms with E-state index in [1.165, 1.54) is 11.1 Å². The number of aryl methyl sites for hydroxylation is 1. The summed E-state index contributed by atoms with van der Waals surface area (Å²) in [5, 5.41) is 18.8. The van der Waals surface area contributed by atoms with Crippen molar-refractivity contribution in [2.45, 2.75) is 39.8 Å². The van der Waals surface area contributed by atoms with Crippen molar-refractivity contribution >= 4 is 27.2 Å². The van der Waals surface area contributed by atoms with Crippen molar-refractivity contribution in [2.24, 2.45) is 0 Å². The number of hydrogen-bond donors (Lipinski definition) is 1. The van der Waals surface area contributed by atoms with Gasteiger partial charge in [0.25, 0.3) is 0 Å². The fraction of sp³-hybridized carbons (Fsp3) is 0.370. The molecule has 35 heavy (non-hydrogen) atoms. The molecule has 1 fully saturated rings. The van der Waals surface area contributed by atoms with E-state index in [0.29, 0.717) is 0 Å². The molecule has 180 valence electrons. The molecule has 1 N–H and O–H groups in total. The van der Waals surface area contributed by atoms with Crippen LogP contribution in [0.4, 0.5) is 10.9 Å². The van der Waals surface area contributed by atoms with Crippen LogP contribution >= 0.6 is 11.3 Å². The van der Waals surface area contributed by atoms with E-state index >= 15 is 0 Å². The van der Waals surface area contributed by atoms with Crippen LogP contribution in [0.15, 0.2) is 48.5 Å². The number of benzene rings is 2. The van der Waals surface area contributed by atoms with Gasteiger partial charge < -0.3 is 10.2 Å². The maximum absolute atomic E-state index is 9.16. The minimum Gasteiger partial charge on any atom is -0.364 e. The monoisotopic (exact) mass is 485 g/mol. The Hall–Kier alpha value is -3.41. The summed E-state index contributed by atoms with van der Waals surface area (Å²) in [7, 11) is 0. The highest BCUT2D eigenvalue weighted by Crippen LogP contribution is 2.35. The van der Waals surface area contributed by atoms with E-state index in [1.54, 1.807) is 11.3 Å². The molecule has 2 aromatic heterocycles. The summed E-state index contributed by atoms with van der Waals surface area (Å²) in [6.07, 6.45) is 0. The predicted octanol–water partition coefficient (Wildman–Crippen LogP) is 5.17. The van der Waals surface area contributed by atoms with Gasteiger partial charge in [-0.1, -0.05) is 47.2 Å². The topological polar surface area (TPSA) is 72.5 Å². The van der Waals surface area contributed by atoms with Crippen molar-refractivity contribution in [1.82, 2.24) is 19.5 Å². The molecule has 4 aromatic rings. The van der Waals surface area contributed by atoms with Crippen molar-refractivity contribution in [1.29, 1.82) is 5.26 Å². The molecule has 0 amide bonds. The Kier molecular flexibility index (Phi) is 6.22. The number of nitrogens with one attached hydrogen (secondary N) is 1. The van der Waals surface area contributed by atoms with Crippen molar-refractivity contribution in [3.8, 4) is 17.3 Å². The molecule has 1 saturated heterocycles. The zero-order chi connectivity index (χ0) is 24.6. The molecule has 0 aliphatic carbocycles. The maximum atomic E-state index is 9.16. The second-order valence-corrected chi connectivity index (χ2v) is 11.1. The lowest BCUT2D eigenvalue weighted by atomic mass is 10.1. The van der Waals surface area contributed by atoms with Gasteiger partial charge >= 0.3 is 0 Å². The third kappa shape index (κ3) is 5.16. The quantitative estimate of drug-likeness (QED) is 0.420. The lowest BCUT2D eigenvalue weighted by molar-refractivity contribution is 0.249. The van der Waals surface area contributed by atoms with Gasteiger partial charge in [0, 0.05) is 43.8 Å². The summed E-state index contributed by atoms with van der Waals surface area (Å²) in [4.78, 5) is 10.7. The number of rotatable bonds is 5. The van der Waals surface area contributed by atoms with Crippen LogP contribution in [-0.2, 0) is 6.54 Å². The molecular formula is C27H31N7S. The van der Waals surface area contributed by atoms with Crippen molar-refractivity contribution in [2.75, 3.05) is 36.4 Å². The first kappa shape index (κ1) is 23.3. The Balaban J connectivity index is 1.36. The zero-order valence-electron chi connectivity index (χ0n) is 20.7. The largest absolute Gasteiger partial charge is 0.364 e. The second kappa shape index (κ2) is 9.33. The SMILES string of the molecule is Cc1cccc(-c2nc3sc(N4CCN(Cc5cccc(C#N)c5)CC4)nn3c2NC(C)(C)C)c1. The summed E-state index contributed by atoms with van der Waals surface area (Å²) in [6, 6.07) is 18.6. The zero-order valence-corrected chi connectivity index (χ0v) is 21.6. The Morgan fingerprint density at radius 1 is 1.06 bits per heavy atom. The number of nitrogens with zero attached hydrogens (tertiary/aromatic N) is 6. The van der Waals surface area contributed by atoms with Crippen LogP contribution in [0, 0.1) is 18.3 Å². The lowest BCUT2D eigenvalue weighted by Crippen LogP contribution is -2.46. The molecule has 7 nitrogen and oxygen atoms in total. The first-order valence-electron chi connectivity index (χ1n) is 12.0. The predicted molar refractivity (Wildman–Crippen MR) is 143 cm³/mol. The van der Waals surface area contributed by atoms with Crippen molar-refractivity contribution < 1.29 is 0 Å². The van der Waals surface area contributed by atoms with E-state index in [2.05, 4.69) is 79.2 Å². The standard InChI is InChI=1S/C27H31N7S/c1-19-7-5-10-22(15-19)23-24(30-27(2,3)4)34-25(29-23)35-26(31-34)33-13-11-32(12-14-33)18-21-9-6-8-20(16-21)17-28/h5-10,15-16,30H,11-14,18H2,1-4H3. The Morgan fingerprint density at radius 3 is 2.54 bits per heavy atom. The molecule has 0 saturated carbocycles. The normalized spacial score (nSPS) is 14.9. The van der Waals surface area contributed by atoms with E-state index in [4.69, 9.17) is 15.3 Å². The van der Waals surface area contributed by atoms with Gasteiger partial charge in [-0.25, -0.2) is 4.98 Å². The Labute approximate surface area is 210 Å². The molecule has 2 aromatic carbocycles. The number of anilines is 2. The maximum Gasteiger partial charge on any atom is 0.216 e. The molecular weight excluding hydrogens is 454 g/mol. The highest BCUT2D eigenvalue weighted by Gasteiger charge is 2.25. The summed E-state index contributed by atoms with van der Waals surface area (Å²) >= 11 is 1.65. The van der Waals surface area contributed by atoms with Crippen LogP contribution in [0.3, 0.4) is 0 Å². The Bertz CT molecular complexity index is 1380. The van der Waals surface area contributed by atoms with E-state index in [9.17, 15) is 0 Å². The third-order valence-corrected chi connectivity index (χ3v) is 7.05. The Morgan fingerprint density at radius 2 is 1.83 bits per heavy atom. The lowest BCUT2D eigenvalue weighted by Gasteiger charge is -2.34. The van der Waals surface area contributed by atoms with E-state index in [-0.39, 0.29) is 5.54 Å². The smallest absolute Gasteiger partial charge is 0.216 e. The molecule has 3 heterocycles. The van der Waals surface area contributed by atoms with Crippen LogP contribution < -0.4 is 10.2 Å². The number of fused-ring (bicyclic) bond motifs is 1. The molecule has 0 unspecified atom stereocenters. The van der Waals surface area contributed by atoms with Gasteiger partial charge in [0.2, 0.25) is 10.1 Å². The molecule has 0 spiro atoms. The van der Waals surface area contributed by atoms with Crippen LogP contribution in [0.25, 0.3) is 16.2 Å². The number of aromatic nitrogens is 3. The average Bonchev–Trinajstić information content (AvgIpc) is 3.38. The number of nitriles is 1. The van der Waals surface area contributed by atoms with Gasteiger partial charge in [0.1, 0.15) is 5.69 Å². The highest BCUT2D eigenvalue weighted by molar-refractivity contribution is 7.20. The average molecular weight is 486 g/mol. The van der Waals surface area contributed by atoms with Gasteiger partial charge in [-0.05, 0) is 51.5 Å². The van der Waals surface area contributed by atoms with Crippen LogP contribution in [0.2, 0.25) is 0 Å². The molecule has 1 aliphatic heterocycles. The first-order chi connectivity index (χ1) is 16.8. The van der Waals surface area contributed by atoms with Gasteiger partial charge in [0.15, 0.2) is 5.82 Å². The third-order valence-electron chi connectivity index (χ3n) is 6.08. The summed E-state index contributed by atoms with van der Waals surface area (Å²) in [5.41, 5.74) is 5.05. The van der Waals surface area contributed by atoms with E-state index in [0.717, 1.165) is 65.5 Å². The van der Waals surface area contributed by atoms with Gasteiger partial charge in [-0.3, -0.25) is 4.90 Å².